The van der Waals surface area contributed by atoms with Crippen LogP contribution in [0, 0.1) is 5.82 Å². The van der Waals surface area contributed by atoms with Gasteiger partial charge in [-0.25, -0.2) is 4.39 Å². The Hall–Kier alpha value is -2.61. The topological polar surface area (TPSA) is 58.2 Å². The van der Waals surface area contributed by atoms with E-state index in [1.165, 1.54) is 18.2 Å². The fourth-order valence-electron chi connectivity index (χ4n) is 1.94. The van der Waals surface area contributed by atoms with Crippen LogP contribution in [0.15, 0.2) is 42.5 Å². The molecule has 0 aliphatic rings. The van der Waals surface area contributed by atoms with Crippen LogP contribution in [-0.2, 0) is 11.0 Å². The number of nitrogens with one attached hydrogen (secondary N) is 2. The number of rotatable bonds is 4. The summed E-state index contributed by atoms with van der Waals surface area (Å²) in [7, 11) is 0. The van der Waals surface area contributed by atoms with E-state index in [4.69, 9.17) is 11.6 Å². The van der Waals surface area contributed by atoms with Crippen LogP contribution in [0.5, 0.6) is 0 Å². The quantitative estimate of drug-likeness (QED) is 0.798. The molecule has 0 saturated heterocycles. The van der Waals surface area contributed by atoms with Crippen LogP contribution in [0.4, 0.5) is 23.2 Å². The van der Waals surface area contributed by atoms with E-state index >= 15 is 0 Å². The summed E-state index contributed by atoms with van der Waals surface area (Å²) < 4.78 is 51.4. The Morgan fingerprint density at radius 1 is 1.08 bits per heavy atom. The summed E-state index contributed by atoms with van der Waals surface area (Å²) in [4.78, 5) is 23.6. The Morgan fingerprint density at radius 2 is 1.76 bits per heavy atom. The summed E-state index contributed by atoms with van der Waals surface area (Å²) in [5, 5.41) is 4.23. The standard InChI is InChI=1S/C16H11ClF4N2O2/c17-11-5-2-6-12(18)14(11)15(25)22-8-13(24)23-10-4-1-3-9(7-10)16(19,20)21/h1-7H,8H2,(H,22,25)(H,23,24). The van der Waals surface area contributed by atoms with Crippen molar-refractivity contribution in [2.75, 3.05) is 11.9 Å². The normalized spacial score (nSPS) is 11.1. The fraction of sp³-hybridized carbons (Fsp3) is 0.125. The molecule has 0 aromatic heterocycles. The number of benzene rings is 2. The lowest BCUT2D eigenvalue weighted by molar-refractivity contribution is -0.137. The second-order valence-electron chi connectivity index (χ2n) is 4.91. The molecule has 0 spiro atoms. The van der Waals surface area contributed by atoms with Crippen molar-refractivity contribution in [3.63, 3.8) is 0 Å². The van der Waals surface area contributed by atoms with Gasteiger partial charge in [-0.15, -0.1) is 0 Å². The highest BCUT2D eigenvalue weighted by atomic mass is 35.5. The third-order valence-corrected chi connectivity index (χ3v) is 3.39. The van der Waals surface area contributed by atoms with Gasteiger partial charge in [-0.1, -0.05) is 23.7 Å². The number of carbonyl (C=O) groups excluding carboxylic acids is 2. The lowest BCUT2D eigenvalue weighted by atomic mass is 10.2. The highest BCUT2D eigenvalue weighted by Crippen LogP contribution is 2.30. The van der Waals surface area contributed by atoms with Crippen molar-refractivity contribution in [1.29, 1.82) is 0 Å². The van der Waals surface area contributed by atoms with E-state index in [2.05, 4.69) is 10.6 Å². The van der Waals surface area contributed by atoms with Gasteiger partial charge in [-0.2, -0.15) is 13.2 Å². The van der Waals surface area contributed by atoms with Crippen LogP contribution in [-0.4, -0.2) is 18.4 Å². The van der Waals surface area contributed by atoms with Crippen LogP contribution >= 0.6 is 11.6 Å². The maximum atomic E-state index is 13.6. The number of hydrogen-bond donors (Lipinski definition) is 2. The first-order valence-corrected chi connectivity index (χ1v) is 7.25. The van der Waals surface area contributed by atoms with Gasteiger partial charge in [-0.05, 0) is 30.3 Å². The van der Waals surface area contributed by atoms with E-state index in [-0.39, 0.29) is 10.7 Å². The van der Waals surface area contributed by atoms with Crippen molar-refractivity contribution in [3.05, 3.63) is 64.4 Å². The van der Waals surface area contributed by atoms with E-state index in [1.807, 2.05) is 0 Å². The number of hydrogen-bond acceptors (Lipinski definition) is 2. The number of anilines is 1. The molecule has 2 rings (SSSR count). The van der Waals surface area contributed by atoms with Crippen LogP contribution in [0.3, 0.4) is 0 Å². The number of carbonyl (C=O) groups is 2. The Kier molecular flexibility index (Phi) is 5.63. The molecule has 2 amide bonds. The highest BCUT2D eigenvalue weighted by Gasteiger charge is 2.30. The monoisotopic (exact) mass is 374 g/mol. The number of alkyl halides is 3. The summed E-state index contributed by atoms with van der Waals surface area (Å²) in [5.74, 6) is -2.55. The molecule has 0 aliphatic carbocycles. The van der Waals surface area contributed by atoms with E-state index in [0.29, 0.717) is 0 Å². The Labute approximate surface area is 144 Å². The minimum absolute atomic E-state index is 0.0852. The van der Waals surface area contributed by atoms with Crippen molar-refractivity contribution >= 4 is 29.1 Å². The molecule has 0 fully saturated rings. The summed E-state index contributed by atoms with van der Waals surface area (Å²) in [6.07, 6.45) is -4.55. The predicted octanol–water partition coefficient (Wildman–Crippen LogP) is 3.87. The van der Waals surface area contributed by atoms with Crippen molar-refractivity contribution in [2.24, 2.45) is 0 Å². The average Bonchev–Trinajstić information content (AvgIpc) is 2.52. The highest BCUT2D eigenvalue weighted by molar-refractivity contribution is 6.33. The van der Waals surface area contributed by atoms with Crippen molar-refractivity contribution < 1.29 is 27.2 Å². The first-order valence-electron chi connectivity index (χ1n) is 6.88. The molecule has 4 nitrogen and oxygen atoms in total. The molecule has 0 radical (unpaired) electrons. The molecule has 0 aliphatic heterocycles. The van der Waals surface area contributed by atoms with Gasteiger partial charge in [0.2, 0.25) is 5.91 Å². The maximum Gasteiger partial charge on any atom is 0.416 e. The molecule has 25 heavy (non-hydrogen) atoms. The summed E-state index contributed by atoms with van der Waals surface area (Å²) >= 11 is 5.72. The molecular weight excluding hydrogens is 364 g/mol. The van der Waals surface area contributed by atoms with E-state index in [9.17, 15) is 27.2 Å². The van der Waals surface area contributed by atoms with Gasteiger partial charge in [0.25, 0.3) is 5.91 Å². The summed E-state index contributed by atoms with van der Waals surface area (Å²) in [5.41, 5.74) is -1.43. The average molecular weight is 375 g/mol. The first-order chi connectivity index (χ1) is 11.7. The maximum absolute atomic E-state index is 13.6. The third-order valence-electron chi connectivity index (χ3n) is 3.07. The van der Waals surface area contributed by atoms with Crippen LogP contribution in [0.2, 0.25) is 5.02 Å². The lowest BCUT2D eigenvalue weighted by Gasteiger charge is -2.11. The SMILES string of the molecule is O=C(CNC(=O)c1c(F)cccc1Cl)Nc1cccc(C(F)(F)F)c1. The van der Waals surface area contributed by atoms with E-state index in [1.54, 1.807) is 0 Å². The number of amides is 2. The molecule has 2 N–H and O–H groups in total. The first kappa shape index (κ1) is 18.7. The largest absolute Gasteiger partial charge is 0.416 e. The Bertz CT molecular complexity index is 789. The van der Waals surface area contributed by atoms with E-state index in [0.717, 1.165) is 24.3 Å². The van der Waals surface area contributed by atoms with Crippen molar-refractivity contribution in [2.45, 2.75) is 6.18 Å². The van der Waals surface area contributed by atoms with Crippen molar-refractivity contribution in [1.82, 2.24) is 5.32 Å². The number of halogens is 5. The van der Waals surface area contributed by atoms with Gasteiger partial charge in [0.1, 0.15) is 5.82 Å². The second-order valence-corrected chi connectivity index (χ2v) is 5.31. The Balaban J connectivity index is 1.98. The van der Waals surface area contributed by atoms with Gasteiger partial charge in [0, 0.05) is 5.69 Å². The van der Waals surface area contributed by atoms with Gasteiger partial charge in [-0.3, -0.25) is 9.59 Å². The molecule has 2 aromatic carbocycles. The van der Waals surface area contributed by atoms with E-state index < -0.39 is 41.5 Å². The lowest BCUT2D eigenvalue weighted by Crippen LogP contribution is -2.33. The molecule has 9 heteroatoms. The minimum Gasteiger partial charge on any atom is -0.343 e. The second kappa shape index (κ2) is 7.52. The van der Waals surface area contributed by atoms with Gasteiger partial charge >= 0.3 is 6.18 Å². The molecule has 0 unspecified atom stereocenters. The zero-order chi connectivity index (χ0) is 18.6. The van der Waals surface area contributed by atoms with Gasteiger partial charge < -0.3 is 10.6 Å². The zero-order valence-electron chi connectivity index (χ0n) is 12.5. The van der Waals surface area contributed by atoms with Crippen LogP contribution < -0.4 is 10.6 Å². The van der Waals surface area contributed by atoms with Crippen LogP contribution in [0.25, 0.3) is 0 Å². The Morgan fingerprint density at radius 3 is 2.40 bits per heavy atom. The van der Waals surface area contributed by atoms with Gasteiger partial charge in [0.05, 0.1) is 22.7 Å². The molecule has 0 saturated carbocycles. The van der Waals surface area contributed by atoms with Crippen LogP contribution in [0.1, 0.15) is 15.9 Å². The minimum atomic E-state index is -4.55. The predicted molar refractivity (Wildman–Crippen MR) is 83.8 cm³/mol. The smallest absolute Gasteiger partial charge is 0.343 e. The summed E-state index contributed by atoms with van der Waals surface area (Å²) in [6, 6.07) is 7.67. The molecule has 2 aromatic rings. The fourth-order valence-corrected chi connectivity index (χ4v) is 2.19. The van der Waals surface area contributed by atoms with Crippen molar-refractivity contribution in [3.8, 4) is 0 Å². The summed E-state index contributed by atoms with van der Waals surface area (Å²) in [6.45, 7) is -0.570. The third kappa shape index (κ3) is 4.93. The molecule has 0 atom stereocenters. The molecule has 132 valence electrons. The molecule has 0 heterocycles. The zero-order valence-corrected chi connectivity index (χ0v) is 13.2. The molecular formula is C16H11ClF4N2O2. The molecule has 0 bridgehead atoms. The van der Waals surface area contributed by atoms with Gasteiger partial charge in [0.15, 0.2) is 0 Å².